The van der Waals surface area contributed by atoms with Crippen molar-refractivity contribution in [1.29, 1.82) is 0 Å². The molecule has 7 aromatic carbocycles. The Labute approximate surface area is 272 Å². The van der Waals surface area contributed by atoms with Crippen molar-refractivity contribution < 1.29 is 4.42 Å². The molecule has 3 aromatic heterocycles. The van der Waals surface area contributed by atoms with Crippen molar-refractivity contribution in [3.63, 3.8) is 0 Å². The zero-order valence-corrected chi connectivity index (χ0v) is 26.1. The second-order valence-electron chi connectivity index (χ2n) is 11.6. The normalized spacial score (nSPS) is 11.9. The number of aromatic nitrogens is 1. The summed E-state index contributed by atoms with van der Waals surface area (Å²) in [5.41, 5.74) is 6.09. The summed E-state index contributed by atoms with van der Waals surface area (Å²) in [4.78, 5) is 7.20. The minimum Gasteiger partial charge on any atom is -0.436 e. The molecule has 0 aliphatic heterocycles. The summed E-state index contributed by atoms with van der Waals surface area (Å²) >= 11 is 3.69. The lowest BCUT2D eigenvalue weighted by molar-refractivity contribution is 0.620. The lowest BCUT2D eigenvalue weighted by Crippen LogP contribution is -2.09. The molecule has 10 aromatic rings. The van der Waals surface area contributed by atoms with Crippen LogP contribution in [0.5, 0.6) is 0 Å². The Morgan fingerprint density at radius 1 is 0.500 bits per heavy atom. The average molecular weight is 625 g/mol. The third kappa shape index (κ3) is 3.92. The molecule has 0 bridgehead atoms. The van der Waals surface area contributed by atoms with E-state index in [1.54, 1.807) is 0 Å². The van der Waals surface area contributed by atoms with E-state index in [-0.39, 0.29) is 0 Å². The number of nitrogens with zero attached hydrogens (tertiary/aromatic N) is 2. The van der Waals surface area contributed by atoms with Gasteiger partial charge in [0, 0.05) is 63.0 Å². The highest BCUT2D eigenvalue weighted by atomic mass is 32.1. The van der Waals surface area contributed by atoms with Crippen molar-refractivity contribution in [3.8, 4) is 11.5 Å². The van der Waals surface area contributed by atoms with E-state index in [1.165, 1.54) is 51.1 Å². The largest absolute Gasteiger partial charge is 0.436 e. The Bertz CT molecular complexity index is 2740. The van der Waals surface area contributed by atoms with Gasteiger partial charge in [0.25, 0.3) is 0 Å². The van der Waals surface area contributed by atoms with Crippen LogP contribution in [0.25, 0.3) is 73.7 Å². The van der Waals surface area contributed by atoms with E-state index in [0.717, 1.165) is 33.7 Å². The van der Waals surface area contributed by atoms with Crippen LogP contribution in [0, 0.1) is 0 Å². The molecule has 46 heavy (non-hydrogen) atoms. The van der Waals surface area contributed by atoms with Crippen molar-refractivity contribution >= 4 is 102 Å². The molecule has 0 amide bonds. The number of rotatable bonds is 4. The summed E-state index contributed by atoms with van der Waals surface area (Å²) in [5.74, 6) is 0.658. The zero-order chi connectivity index (χ0) is 30.2. The summed E-state index contributed by atoms with van der Waals surface area (Å²) in [6, 6.07) is 51.9. The maximum Gasteiger partial charge on any atom is 0.227 e. The number of para-hydroxylation sites is 3. The van der Waals surface area contributed by atoms with Crippen LogP contribution < -0.4 is 4.90 Å². The van der Waals surface area contributed by atoms with Crippen LogP contribution in [0.3, 0.4) is 0 Å². The Balaban J connectivity index is 1.15. The maximum absolute atomic E-state index is 6.22. The number of hydrogen-bond donors (Lipinski definition) is 0. The van der Waals surface area contributed by atoms with Crippen molar-refractivity contribution in [3.05, 3.63) is 146 Å². The molecule has 0 atom stereocenters. The average Bonchev–Trinajstić information content (AvgIpc) is 3.81. The first-order valence-corrected chi connectivity index (χ1v) is 16.9. The highest BCUT2D eigenvalue weighted by Crippen LogP contribution is 2.45. The predicted molar refractivity (Wildman–Crippen MR) is 197 cm³/mol. The number of fused-ring (bicyclic) bond motifs is 9. The van der Waals surface area contributed by atoms with E-state index in [0.29, 0.717) is 5.89 Å². The van der Waals surface area contributed by atoms with Gasteiger partial charge >= 0.3 is 0 Å². The smallest absolute Gasteiger partial charge is 0.227 e. The third-order valence-corrected chi connectivity index (χ3v) is 11.2. The first-order chi connectivity index (χ1) is 22.8. The van der Waals surface area contributed by atoms with Crippen LogP contribution in [0.2, 0.25) is 0 Å². The number of hydrogen-bond acceptors (Lipinski definition) is 5. The maximum atomic E-state index is 6.22. The fraction of sp³-hybridized carbons (Fsp3) is 0. The quantitative estimate of drug-likeness (QED) is 0.195. The molecule has 3 nitrogen and oxygen atoms in total. The Morgan fingerprint density at radius 2 is 1.24 bits per heavy atom. The molecule has 0 radical (unpaired) electrons. The zero-order valence-electron chi connectivity index (χ0n) is 24.5. The first kappa shape index (κ1) is 25.8. The van der Waals surface area contributed by atoms with E-state index in [1.807, 2.05) is 46.9 Å². The molecule has 0 N–H and O–H groups in total. The summed E-state index contributed by atoms with van der Waals surface area (Å²) in [5, 5.41) is 7.61. The van der Waals surface area contributed by atoms with Gasteiger partial charge < -0.3 is 9.32 Å². The minimum atomic E-state index is 0.658. The van der Waals surface area contributed by atoms with Gasteiger partial charge in [-0.05, 0) is 71.4 Å². The molecule has 0 aliphatic rings. The Kier molecular flexibility index (Phi) is 5.61. The van der Waals surface area contributed by atoms with Gasteiger partial charge in [-0.3, -0.25) is 0 Å². The highest BCUT2D eigenvalue weighted by Gasteiger charge is 2.19. The van der Waals surface area contributed by atoms with Crippen LogP contribution in [-0.2, 0) is 0 Å². The molecule has 216 valence electrons. The van der Waals surface area contributed by atoms with E-state index in [4.69, 9.17) is 9.40 Å². The van der Waals surface area contributed by atoms with Crippen LogP contribution >= 0.6 is 22.7 Å². The van der Waals surface area contributed by atoms with E-state index < -0.39 is 0 Å². The van der Waals surface area contributed by atoms with E-state index in [2.05, 4.69) is 126 Å². The second-order valence-corrected chi connectivity index (χ2v) is 13.7. The molecule has 0 fully saturated rings. The number of oxazole rings is 1. The molecular formula is C41H24N2OS2. The monoisotopic (exact) mass is 624 g/mol. The lowest BCUT2D eigenvalue weighted by atomic mass is 10.0. The standard InChI is InChI=1S/C41H24N2OS2/c1-2-10-26(11-3-1)43(27-18-21-30-31-20-17-25-9-4-5-12-29(25)40(31)46-37(30)23-27)28-19-22-32-38(24-28)45-36-16-8-13-33(39(32)36)41-42-34-14-6-7-15-35(34)44-41/h1-24H. The van der Waals surface area contributed by atoms with Gasteiger partial charge in [-0.1, -0.05) is 84.9 Å². The van der Waals surface area contributed by atoms with Crippen LogP contribution in [-0.4, -0.2) is 4.98 Å². The molecule has 0 saturated carbocycles. The topological polar surface area (TPSA) is 29.3 Å². The molecular weight excluding hydrogens is 601 g/mol. The molecule has 5 heteroatoms. The Hall–Kier alpha value is -5.49. The van der Waals surface area contributed by atoms with Gasteiger partial charge in [-0.2, -0.15) is 0 Å². The molecule has 3 heterocycles. The van der Waals surface area contributed by atoms with E-state index >= 15 is 0 Å². The summed E-state index contributed by atoms with van der Waals surface area (Å²) in [6.45, 7) is 0. The summed E-state index contributed by atoms with van der Waals surface area (Å²) in [7, 11) is 0. The van der Waals surface area contributed by atoms with Gasteiger partial charge in [0.1, 0.15) is 5.52 Å². The second kappa shape index (κ2) is 10.0. The number of thiophene rings is 2. The number of anilines is 3. The van der Waals surface area contributed by atoms with Gasteiger partial charge in [0.2, 0.25) is 5.89 Å². The molecule has 0 aliphatic carbocycles. The van der Waals surface area contributed by atoms with Gasteiger partial charge in [-0.25, -0.2) is 4.98 Å². The van der Waals surface area contributed by atoms with Gasteiger partial charge in [0.05, 0.1) is 0 Å². The van der Waals surface area contributed by atoms with Crippen molar-refractivity contribution in [1.82, 2.24) is 4.98 Å². The lowest BCUT2D eigenvalue weighted by Gasteiger charge is -2.25. The van der Waals surface area contributed by atoms with Crippen molar-refractivity contribution in [2.45, 2.75) is 0 Å². The number of benzene rings is 7. The van der Waals surface area contributed by atoms with Gasteiger partial charge in [-0.15, -0.1) is 22.7 Å². The summed E-state index contributed by atoms with van der Waals surface area (Å²) < 4.78 is 11.3. The minimum absolute atomic E-state index is 0.658. The third-order valence-electron chi connectivity index (χ3n) is 8.88. The fourth-order valence-corrected chi connectivity index (χ4v) is 9.21. The van der Waals surface area contributed by atoms with E-state index in [9.17, 15) is 0 Å². The van der Waals surface area contributed by atoms with Crippen molar-refractivity contribution in [2.75, 3.05) is 4.90 Å². The molecule has 0 spiro atoms. The molecule has 0 unspecified atom stereocenters. The first-order valence-electron chi connectivity index (χ1n) is 15.3. The highest BCUT2D eigenvalue weighted by molar-refractivity contribution is 7.27. The molecule has 0 saturated heterocycles. The van der Waals surface area contributed by atoms with Crippen LogP contribution in [0.15, 0.2) is 150 Å². The van der Waals surface area contributed by atoms with Crippen LogP contribution in [0.1, 0.15) is 0 Å². The fourth-order valence-electron chi connectivity index (χ4n) is 6.78. The van der Waals surface area contributed by atoms with Crippen molar-refractivity contribution in [2.24, 2.45) is 0 Å². The Morgan fingerprint density at radius 3 is 2.11 bits per heavy atom. The van der Waals surface area contributed by atoms with Crippen LogP contribution in [0.4, 0.5) is 17.1 Å². The predicted octanol–water partition coefficient (Wildman–Crippen LogP) is 12.9. The SMILES string of the molecule is c1ccc(N(c2ccc3c(c2)sc2c4ccccc4ccc32)c2ccc3c(c2)sc2cccc(-c4nc5ccccc5o4)c23)cc1. The van der Waals surface area contributed by atoms with Gasteiger partial charge in [0.15, 0.2) is 5.58 Å². The summed E-state index contributed by atoms with van der Waals surface area (Å²) in [6.07, 6.45) is 0. The molecule has 10 rings (SSSR count).